The average molecular weight is 356 g/mol. The molecule has 0 aliphatic carbocycles. The second-order valence-corrected chi connectivity index (χ2v) is 7.02. The molecule has 1 aromatic carbocycles. The lowest BCUT2D eigenvalue weighted by Gasteiger charge is -2.44. The minimum Gasteiger partial charge on any atom is -0.390 e. The van der Waals surface area contributed by atoms with Gasteiger partial charge < -0.3 is 14.9 Å². The van der Waals surface area contributed by atoms with Crippen molar-refractivity contribution < 1.29 is 14.3 Å². The number of carbonyl (C=O) groups is 1. The summed E-state index contributed by atoms with van der Waals surface area (Å²) in [5.41, 5.74) is -0.107. The fraction of sp³-hybridized carbons (Fsp3) is 0.588. The van der Waals surface area contributed by atoms with Gasteiger partial charge in [-0.15, -0.1) is 0 Å². The van der Waals surface area contributed by atoms with E-state index >= 15 is 0 Å². The van der Waals surface area contributed by atoms with Crippen molar-refractivity contribution in [3.05, 3.63) is 34.6 Å². The predicted octanol–water partition coefficient (Wildman–Crippen LogP) is 1.30. The standard InChI is InChI=1S/C17H23ClFN3O2/c1-20-7-9-21(10-8-20)14-5-6-22(11-15(14)23)17(24)16-12(18)3-2-4-13(16)19/h2-4,14-15,23H,5-11H2,1H3/t14-,15-/m1/s1. The number of aliphatic hydroxyl groups is 1. The number of piperidine rings is 1. The van der Waals surface area contributed by atoms with Crippen molar-refractivity contribution >= 4 is 17.5 Å². The lowest BCUT2D eigenvalue weighted by Crippen LogP contribution is -2.59. The van der Waals surface area contributed by atoms with E-state index in [1.165, 1.54) is 23.1 Å². The van der Waals surface area contributed by atoms with E-state index in [4.69, 9.17) is 11.6 Å². The average Bonchev–Trinajstić information content (AvgIpc) is 2.55. The summed E-state index contributed by atoms with van der Waals surface area (Å²) < 4.78 is 13.9. The first kappa shape index (κ1) is 17.6. The lowest BCUT2D eigenvalue weighted by molar-refractivity contribution is -0.0220. The van der Waals surface area contributed by atoms with Crippen LogP contribution in [0.3, 0.4) is 0 Å². The first-order valence-corrected chi connectivity index (χ1v) is 8.69. The monoisotopic (exact) mass is 355 g/mol. The number of piperazine rings is 1. The molecular weight excluding hydrogens is 333 g/mol. The summed E-state index contributed by atoms with van der Waals surface area (Å²) >= 11 is 5.98. The highest BCUT2D eigenvalue weighted by Gasteiger charge is 2.36. The summed E-state index contributed by atoms with van der Waals surface area (Å²) in [5.74, 6) is -1.07. The van der Waals surface area contributed by atoms with Crippen molar-refractivity contribution in [1.29, 1.82) is 0 Å². The Morgan fingerprint density at radius 1 is 1.25 bits per heavy atom. The molecule has 1 N–H and O–H groups in total. The van der Waals surface area contributed by atoms with Crippen LogP contribution in [0.2, 0.25) is 5.02 Å². The molecule has 7 heteroatoms. The number of halogens is 2. The fourth-order valence-electron chi connectivity index (χ4n) is 3.54. The van der Waals surface area contributed by atoms with E-state index in [2.05, 4.69) is 16.8 Å². The molecule has 2 aliphatic rings. The van der Waals surface area contributed by atoms with Crippen LogP contribution in [0.5, 0.6) is 0 Å². The van der Waals surface area contributed by atoms with Gasteiger partial charge in [0.1, 0.15) is 5.82 Å². The molecule has 0 unspecified atom stereocenters. The number of nitrogens with zero attached hydrogens (tertiary/aromatic N) is 3. The summed E-state index contributed by atoms with van der Waals surface area (Å²) in [6, 6.07) is 4.26. The Balaban J connectivity index is 1.66. The number of hydrogen-bond acceptors (Lipinski definition) is 4. The van der Waals surface area contributed by atoms with E-state index in [-0.39, 0.29) is 23.2 Å². The molecule has 2 atom stereocenters. The molecule has 1 amide bonds. The van der Waals surface area contributed by atoms with Gasteiger partial charge in [0.25, 0.3) is 5.91 Å². The van der Waals surface area contributed by atoms with Crippen LogP contribution in [0.4, 0.5) is 4.39 Å². The second kappa shape index (κ2) is 7.35. The van der Waals surface area contributed by atoms with E-state index in [1.54, 1.807) is 0 Å². The molecule has 0 radical (unpaired) electrons. The maximum atomic E-state index is 13.9. The van der Waals surface area contributed by atoms with E-state index in [9.17, 15) is 14.3 Å². The first-order valence-electron chi connectivity index (χ1n) is 8.31. The van der Waals surface area contributed by atoms with E-state index in [0.717, 1.165) is 26.2 Å². The van der Waals surface area contributed by atoms with Crippen molar-refractivity contribution in [2.45, 2.75) is 18.6 Å². The Morgan fingerprint density at radius 3 is 2.58 bits per heavy atom. The zero-order valence-electron chi connectivity index (χ0n) is 13.8. The lowest BCUT2D eigenvalue weighted by atomic mass is 9.98. The van der Waals surface area contributed by atoms with Crippen molar-refractivity contribution in [3.63, 3.8) is 0 Å². The Hall–Kier alpha value is -1.21. The van der Waals surface area contributed by atoms with Crippen LogP contribution in [0, 0.1) is 5.82 Å². The third kappa shape index (κ3) is 3.57. The van der Waals surface area contributed by atoms with Crippen LogP contribution in [0.25, 0.3) is 0 Å². The molecule has 2 heterocycles. The van der Waals surface area contributed by atoms with Crippen molar-refractivity contribution in [1.82, 2.24) is 14.7 Å². The maximum absolute atomic E-state index is 13.9. The van der Waals surface area contributed by atoms with Gasteiger partial charge in [-0.25, -0.2) is 4.39 Å². The fourth-order valence-corrected chi connectivity index (χ4v) is 3.79. The molecule has 0 bridgehead atoms. The highest BCUT2D eigenvalue weighted by molar-refractivity contribution is 6.33. The summed E-state index contributed by atoms with van der Waals surface area (Å²) in [5, 5.41) is 10.6. The van der Waals surface area contributed by atoms with E-state index < -0.39 is 17.8 Å². The summed E-state index contributed by atoms with van der Waals surface area (Å²) in [6.07, 6.45) is 0.0551. The van der Waals surface area contributed by atoms with Gasteiger partial charge in [0.2, 0.25) is 0 Å². The van der Waals surface area contributed by atoms with Crippen LogP contribution in [-0.4, -0.2) is 84.2 Å². The minimum atomic E-state index is -0.628. The topological polar surface area (TPSA) is 47.0 Å². The second-order valence-electron chi connectivity index (χ2n) is 6.61. The van der Waals surface area contributed by atoms with Crippen LogP contribution < -0.4 is 0 Å². The third-order valence-corrected chi connectivity index (χ3v) is 5.33. The summed E-state index contributed by atoms with van der Waals surface area (Å²) in [4.78, 5) is 18.6. The zero-order chi connectivity index (χ0) is 17.3. The number of amides is 1. The maximum Gasteiger partial charge on any atom is 0.258 e. The smallest absolute Gasteiger partial charge is 0.258 e. The van der Waals surface area contributed by atoms with Crippen LogP contribution in [0.15, 0.2) is 18.2 Å². The molecule has 2 saturated heterocycles. The third-order valence-electron chi connectivity index (χ3n) is 5.02. The van der Waals surface area contributed by atoms with Gasteiger partial charge in [-0.2, -0.15) is 0 Å². The van der Waals surface area contributed by atoms with Gasteiger partial charge in [0.05, 0.1) is 16.7 Å². The normalized spacial score (nSPS) is 26.6. The van der Waals surface area contributed by atoms with Crippen molar-refractivity contribution in [2.24, 2.45) is 0 Å². The summed E-state index contributed by atoms with van der Waals surface area (Å²) in [6.45, 7) is 4.52. The zero-order valence-corrected chi connectivity index (χ0v) is 14.5. The van der Waals surface area contributed by atoms with Crippen LogP contribution >= 0.6 is 11.6 Å². The Morgan fingerprint density at radius 2 is 1.96 bits per heavy atom. The summed E-state index contributed by atoms with van der Waals surface area (Å²) in [7, 11) is 2.09. The number of benzene rings is 1. The first-order chi connectivity index (χ1) is 11.5. The molecule has 0 aromatic heterocycles. The number of rotatable bonds is 2. The van der Waals surface area contributed by atoms with Gasteiger partial charge in [-0.1, -0.05) is 17.7 Å². The van der Waals surface area contributed by atoms with E-state index in [1.807, 2.05) is 0 Å². The van der Waals surface area contributed by atoms with Crippen molar-refractivity contribution in [2.75, 3.05) is 46.3 Å². The van der Waals surface area contributed by atoms with Crippen molar-refractivity contribution in [3.8, 4) is 0 Å². The molecule has 2 aliphatic heterocycles. The van der Waals surface area contributed by atoms with Gasteiger partial charge in [0.15, 0.2) is 0 Å². The van der Waals surface area contributed by atoms with Gasteiger partial charge in [-0.05, 0) is 25.6 Å². The number of likely N-dealkylation sites (N-methyl/N-ethyl adjacent to an activating group) is 1. The quantitative estimate of drug-likeness (QED) is 0.868. The highest BCUT2D eigenvalue weighted by Crippen LogP contribution is 2.24. The number of hydrogen-bond donors (Lipinski definition) is 1. The molecule has 0 spiro atoms. The van der Waals surface area contributed by atoms with Gasteiger partial charge in [-0.3, -0.25) is 9.69 Å². The molecule has 2 fully saturated rings. The molecule has 3 rings (SSSR count). The molecule has 1 aromatic rings. The Labute approximate surface area is 146 Å². The predicted molar refractivity (Wildman–Crippen MR) is 90.8 cm³/mol. The highest BCUT2D eigenvalue weighted by atomic mass is 35.5. The number of aliphatic hydroxyl groups excluding tert-OH is 1. The number of likely N-dealkylation sites (tertiary alicyclic amines) is 1. The number of β-amino-alcohol motifs (C(OH)–C–C–N with tert-alkyl or cyclic N) is 1. The minimum absolute atomic E-state index is 0.0545. The van der Waals surface area contributed by atoms with Crippen LogP contribution in [0.1, 0.15) is 16.8 Å². The largest absolute Gasteiger partial charge is 0.390 e. The number of carbonyl (C=O) groups excluding carboxylic acids is 1. The molecule has 0 saturated carbocycles. The molecule has 5 nitrogen and oxygen atoms in total. The van der Waals surface area contributed by atoms with Crippen LogP contribution in [-0.2, 0) is 0 Å². The van der Waals surface area contributed by atoms with E-state index in [0.29, 0.717) is 13.0 Å². The molecular formula is C17H23ClFN3O2. The Kier molecular flexibility index (Phi) is 5.39. The molecule has 24 heavy (non-hydrogen) atoms. The SMILES string of the molecule is CN1CCN([C@@H]2CCN(C(=O)c3c(F)cccc3Cl)C[C@H]2O)CC1. The van der Waals surface area contributed by atoms with Gasteiger partial charge in [0, 0.05) is 45.3 Å². The molecule has 132 valence electrons. The Bertz CT molecular complexity index is 587. The van der Waals surface area contributed by atoms with Gasteiger partial charge >= 0.3 is 0 Å².